The van der Waals surface area contributed by atoms with E-state index in [1.165, 1.54) is 0 Å². The van der Waals surface area contributed by atoms with Crippen LogP contribution in [0.25, 0.3) is 0 Å². The lowest BCUT2D eigenvalue weighted by molar-refractivity contribution is -0.146. The number of carbonyl (C=O) groups excluding carboxylic acids is 2. The molecule has 0 aromatic carbocycles. The van der Waals surface area contributed by atoms with Gasteiger partial charge in [-0.25, -0.2) is 0 Å². The highest BCUT2D eigenvalue weighted by atomic mass is 16.2. The molecule has 3 atom stereocenters. The van der Waals surface area contributed by atoms with Crippen LogP contribution in [-0.2, 0) is 9.59 Å². The van der Waals surface area contributed by atoms with E-state index in [0.717, 1.165) is 25.7 Å². The summed E-state index contributed by atoms with van der Waals surface area (Å²) in [4.78, 5) is 23.8. The summed E-state index contributed by atoms with van der Waals surface area (Å²) in [6.45, 7) is 6.51. The third-order valence-electron chi connectivity index (χ3n) is 4.73. The topological polar surface area (TPSA) is 46.2 Å². The van der Waals surface area contributed by atoms with Crippen molar-refractivity contribution in [1.29, 1.82) is 0 Å². The van der Waals surface area contributed by atoms with Gasteiger partial charge in [-0.3, -0.25) is 14.9 Å². The van der Waals surface area contributed by atoms with Crippen LogP contribution >= 0.6 is 0 Å². The second-order valence-electron chi connectivity index (χ2n) is 6.30. The minimum atomic E-state index is -0.0660. The highest BCUT2D eigenvalue weighted by molar-refractivity contribution is 5.99. The van der Waals surface area contributed by atoms with Gasteiger partial charge >= 0.3 is 0 Å². The zero-order chi connectivity index (χ0) is 12.6. The van der Waals surface area contributed by atoms with Gasteiger partial charge in [0.15, 0.2) is 0 Å². The van der Waals surface area contributed by atoms with Crippen LogP contribution < -0.4 is 5.32 Å². The largest absolute Gasteiger partial charge is 0.296 e. The van der Waals surface area contributed by atoms with Crippen LogP contribution in [0.1, 0.15) is 52.9 Å². The molecule has 1 heterocycles. The lowest BCUT2D eigenvalue weighted by Crippen LogP contribution is -2.53. The Kier molecular flexibility index (Phi) is 3.28. The molecule has 2 fully saturated rings. The zero-order valence-electron chi connectivity index (χ0n) is 11.1. The molecule has 96 valence electrons. The summed E-state index contributed by atoms with van der Waals surface area (Å²) in [5.41, 5.74) is -0.0380. The summed E-state index contributed by atoms with van der Waals surface area (Å²) in [5.74, 6) is 0.954. The van der Waals surface area contributed by atoms with Crippen LogP contribution in [0.15, 0.2) is 0 Å². The van der Waals surface area contributed by atoms with E-state index in [-0.39, 0.29) is 23.1 Å². The molecule has 1 saturated heterocycles. The van der Waals surface area contributed by atoms with E-state index in [0.29, 0.717) is 18.3 Å². The molecule has 1 saturated carbocycles. The molecule has 1 aliphatic carbocycles. The molecule has 0 radical (unpaired) electrons. The van der Waals surface area contributed by atoms with Crippen LogP contribution in [0.5, 0.6) is 0 Å². The van der Waals surface area contributed by atoms with E-state index in [9.17, 15) is 9.59 Å². The fraction of sp³-hybridized carbons (Fsp3) is 0.857. The van der Waals surface area contributed by atoms with Gasteiger partial charge in [0, 0.05) is 12.3 Å². The maximum Gasteiger partial charge on any atom is 0.230 e. The lowest BCUT2D eigenvalue weighted by Gasteiger charge is -2.43. The lowest BCUT2D eigenvalue weighted by atomic mass is 9.62. The normalized spacial score (nSPS) is 37.9. The average Bonchev–Trinajstić information content (AvgIpc) is 2.55. The van der Waals surface area contributed by atoms with Crippen LogP contribution in [0.2, 0.25) is 0 Å². The highest BCUT2D eigenvalue weighted by Gasteiger charge is 2.53. The van der Waals surface area contributed by atoms with Gasteiger partial charge in [0.25, 0.3) is 0 Å². The summed E-state index contributed by atoms with van der Waals surface area (Å²) >= 11 is 0. The molecule has 0 aromatic heterocycles. The number of rotatable bonds is 2. The van der Waals surface area contributed by atoms with Crippen molar-refractivity contribution in [3.8, 4) is 0 Å². The Morgan fingerprint density at radius 1 is 1.41 bits per heavy atom. The molecule has 3 unspecified atom stereocenters. The van der Waals surface area contributed by atoms with Crippen molar-refractivity contribution >= 4 is 11.8 Å². The fourth-order valence-corrected chi connectivity index (χ4v) is 3.82. The van der Waals surface area contributed by atoms with Crippen molar-refractivity contribution in [2.45, 2.75) is 52.9 Å². The molecule has 17 heavy (non-hydrogen) atoms. The smallest absolute Gasteiger partial charge is 0.230 e. The maximum absolute atomic E-state index is 12.1. The Bertz CT molecular complexity index is 337. The first-order chi connectivity index (χ1) is 7.95. The molecule has 3 nitrogen and oxygen atoms in total. The molecule has 0 bridgehead atoms. The van der Waals surface area contributed by atoms with Crippen molar-refractivity contribution in [1.82, 2.24) is 5.32 Å². The number of amides is 2. The van der Waals surface area contributed by atoms with E-state index in [1.807, 2.05) is 0 Å². The minimum Gasteiger partial charge on any atom is -0.296 e. The summed E-state index contributed by atoms with van der Waals surface area (Å²) in [6, 6.07) is 0. The molecular formula is C14H23NO2. The van der Waals surface area contributed by atoms with Crippen molar-refractivity contribution in [2.75, 3.05) is 0 Å². The minimum absolute atomic E-state index is 0.0244. The Morgan fingerprint density at radius 2 is 2.12 bits per heavy atom. The van der Waals surface area contributed by atoms with Crippen LogP contribution in [0.3, 0.4) is 0 Å². The van der Waals surface area contributed by atoms with Crippen molar-refractivity contribution in [2.24, 2.45) is 23.2 Å². The van der Waals surface area contributed by atoms with Gasteiger partial charge in [0.1, 0.15) is 0 Å². The molecular weight excluding hydrogens is 214 g/mol. The summed E-state index contributed by atoms with van der Waals surface area (Å²) in [7, 11) is 0. The predicted octanol–water partition coefficient (Wildman–Crippen LogP) is 2.50. The summed E-state index contributed by atoms with van der Waals surface area (Å²) in [5, 5.41) is 2.53. The second kappa shape index (κ2) is 4.43. The number of imide groups is 1. The number of piperidine rings is 1. The molecule has 2 aliphatic rings. The Balaban J connectivity index is 2.29. The van der Waals surface area contributed by atoms with Crippen molar-refractivity contribution in [3.63, 3.8) is 0 Å². The fourth-order valence-electron chi connectivity index (χ4n) is 3.82. The molecule has 1 spiro atoms. The molecule has 1 N–H and O–H groups in total. The SMILES string of the molecule is CC(C)CC1C(=O)NC(=O)CC12CCCC2C. The Morgan fingerprint density at radius 3 is 2.65 bits per heavy atom. The quantitative estimate of drug-likeness (QED) is 0.750. The monoisotopic (exact) mass is 237 g/mol. The van der Waals surface area contributed by atoms with Crippen molar-refractivity contribution in [3.05, 3.63) is 0 Å². The van der Waals surface area contributed by atoms with E-state index in [4.69, 9.17) is 0 Å². The third-order valence-corrected chi connectivity index (χ3v) is 4.73. The van der Waals surface area contributed by atoms with Crippen LogP contribution in [0, 0.1) is 23.2 Å². The first-order valence-electron chi connectivity index (χ1n) is 6.79. The maximum atomic E-state index is 12.1. The number of hydrogen-bond acceptors (Lipinski definition) is 2. The van der Waals surface area contributed by atoms with Gasteiger partial charge in [-0.05, 0) is 30.1 Å². The van der Waals surface area contributed by atoms with E-state index in [1.54, 1.807) is 0 Å². The molecule has 0 aromatic rings. The second-order valence-corrected chi connectivity index (χ2v) is 6.30. The average molecular weight is 237 g/mol. The van der Waals surface area contributed by atoms with Gasteiger partial charge < -0.3 is 0 Å². The van der Waals surface area contributed by atoms with Gasteiger partial charge in [0.05, 0.1) is 0 Å². The van der Waals surface area contributed by atoms with Crippen LogP contribution in [-0.4, -0.2) is 11.8 Å². The number of hydrogen-bond donors (Lipinski definition) is 1. The first kappa shape index (κ1) is 12.6. The molecule has 3 heteroatoms. The Hall–Kier alpha value is -0.860. The molecule has 1 aliphatic heterocycles. The number of nitrogens with one attached hydrogen (secondary N) is 1. The van der Waals surface area contributed by atoms with Gasteiger partial charge in [-0.2, -0.15) is 0 Å². The third kappa shape index (κ3) is 2.12. The zero-order valence-corrected chi connectivity index (χ0v) is 11.1. The number of carbonyl (C=O) groups is 2. The van der Waals surface area contributed by atoms with Crippen LogP contribution in [0.4, 0.5) is 0 Å². The van der Waals surface area contributed by atoms with Gasteiger partial charge in [-0.1, -0.05) is 33.6 Å². The van der Waals surface area contributed by atoms with Gasteiger partial charge in [-0.15, -0.1) is 0 Å². The van der Waals surface area contributed by atoms with E-state index < -0.39 is 0 Å². The summed E-state index contributed by atoms with van der Waals surface area (Å²) < 4.78 is 0. The first-order valence-corrected chi connectivity index (χ1v) is 6.79. The Labute approximate surface area is 103 Å². The predicted molar refractivity (Wildman–Crippen MR) is 66.2 cm³/mol. The standard InChI is InChI=1S/C14H23NO2/c1-9(2)7-11-13(17)15-12(16)8-14(11)6-4-5-10(14)3/h9-11H,4-8H2,1-3H3,(H,15,16,17). The highest BCUT2D eigenvalue weighted by Crippen LogP contribution is 2.54. The van der Waals surface area contributed by atoms with E-state index in [2.05, 4.69) is 26.1 Å². The molecule has 2 amide bonds. The van der Waals surface area contributed by atoms with Crippen molar-refractivity contribution < 1.29 is 9.59 Å². The van der Waals surface area contributed by atoms with Gasteiger partial charge in [0.2, 0.25) is 11.8 Å². The van der Waals surface area contributed by atoms with E-state index >= 15 is 0 Å². The molecule has 2 rings (SSSR count). The summed E-state index contributed by atoms with van der Waals surface area (Å²) in [6.07, 6.45) is 4.83.